The van der Waals surface area contributed by atoms with Gasteiger partial charge >= 0.3 is 0 Å². The Morgan fingerprint density at radius 1 is 1.25 bits per heavy atom. The molecule has 2 heterocycles. The van der Waals surface area contributed by atoms with Gasteiger partial charge in [-0.15, -0.1) is 11.3 Å². The van der Waals surface area contributed by atoms with E-state index in [2.05, 4.69) is 20.6 Å². The van der Waals surface area contributed by atoms with Crippen molar-refractivity contribution in [3.8, 4) is 5.75 Å². The maximum absolute atomic E-state index is 12.3. The van der Waals surface area contributed by atoms with Crippen LogP contribution in [0.15, 0.2) is 46.7 Å². The first kappa shape index (κ1) is 19.3. The number of amides is 2. The van der Waals surface area contributed by atoms with Gasteiger partial charge in [-0.2, -0.15) is 0 Å². The number of nitrogens with one attached hydrogen (secondary N) is 3. The van der Waals surface area contributed by atoms with Gasteiger partial charge in [0.25, 0.3) is 11.5 Å². The second kappa shape index (κ2) is 8.49. The van der Waals surface area contributed by atoms with E-state index in [1.165, 1.54) is 30.7 Å². The van der Waals surface area contributed by atoms with Crippen molar-refractivity contribution >= 4 is 34.0 Å². The number of benzene rings is 1. The van der Waals surface area contributed by atoms with E-state index in [1.807, 2.05) is 19.1 Å². The average molecular weight is 398 g/mol. The molecule has 0 aliphatic heterocycles. The molecule has 1 aromatic carbocycles. The van der Waals surface area contributed by atoms with Crippen molar-refractivity contribution in [1.29, 1.82) is 0 Å². The van der Waals surface area contributed by atoms with Gasteiger partial charge in [-0.3, -0.25) is 19.7 Å². The highest BCUT2D eigenvalue weighted by Crippen LogP contribution is 2.25. The van der Waals surface area contributed by atoms with Crippen molar-refractivity contribution < 1.29 is 14.3 Å². The lowest BCUT2D eigenvalue weighted by atomic mass is 10.2. The number of ether oxygens (including phenoxy) is 1. The van der Waals surface area contributed by atoms with Crippen molar-refractivity contribution in [2.75, 3.05) is 17.7 Å². The summed E-state index contributed by atoms with van der Waals surface area (Å²) in [4.78, 5) is 42.8. The Balaban J connectivity index is 1.64. The van der Waals surface area contributed by atoms with Crippen LogP contribution in [-0.2, 0) is 11.2 Å². The monoisotopic (exact) mass is 398 g/mol. The lowest BCUT2D eigenvalue weighted by Crippen LogP contribution is -2.22. The molecule has 2 aromatic heterocycles. The minimum atomic E-state index is -0.559. The van der Waals surface area contributed by atoms with E-state index in [0.717, 1.165) is 5.56 Å². The third kappa shape index (κ3) is 4.63. The van der Waals surface area contributed by atoms with Crippen LogP contribution >= 0.6 is 11.3 Å². The van der Waals surface area contributed by atoms with Gasteiger partial charge < -0.3 is 15.0 Å². The first-order chi connectivity index (χ1) is 13.5. The van der Waals surface area contributed by atoms with Crippen molar-refractivity contribution in [3.63, 3.8) is 0 Å². The van der Waals surface area contributed by atoms with Gasteiger partial charge in [0.1, 0.15) is 11.3 Å². The number of aromatic nitrogens is 2. The molecule has 0 bridgehead atoms. The molecule has 3 aromatic rings. The largest absolute Gasteiger partial charge is 0.495 e. The summed E-state index contributed by atoms with van der Waals surface area (Å²) in [6.45, 7) is 1.92. The van der Waals surface area contributed by atoms with E-state index < -0.39 is 11.5 Å². The summed E-state index contributed by atoms with van der Waals surface area (Å²) in [6, 6.07) is 8.48. The van der Waals surface area contributed by atoms with Gasteiger partial charge in [-0.1, -0.05) is 6.07 Å². The molecule has 0 spiro atoms. The molecule has 144 valence electrons. The molecule has 2 amide bonds. The predicted molar refractivity (Wildman–Crippen MR) is 107 cm³/mol. The molecule has 0 aliphatic carbocycles. The van der Waals surface area contributed by atoms with Crippen LogP contribution in [0.5, 0.6) is 5.75 Å². The van der Waals surface area contributed by atoms with Crippen molar-refractivity contribution in [2.24, 2.45) is 0 Å². The highest BCUT2D eigenvalue weighted by molar-refractivity contribution is 7.14. The maximum atomic E-state index is 12.3. The average Bonchev–Trinajstić information content (AvgIpc) is 3.08. The summed E-state index contributed by atoms with van der Waals surface area (Å²) in [6.07, 6.45) is 1.48. The van der Waals surface area contributed by atoms with Crippen LogP contribution in [0.3, 0.4) is 0 Å². The number of nitrogens with zero attached hydrogens (tertiary/aromatic N) is 1. The van der Waals surface area contributed by atoms with Crippen LogP contribution in [0.4, 0.5) is 10.8 Å². The molecule has 0 saturated carbocycles. The van der Waals surface area contributed by atoms with Crippen LogP contribution in [0.25, 0.3) is 0 Å². The molecular formula is C19H18N4O4S. The third-order valence-corrected chi connectivity index (χ3v) is 4.61. The summed E-state index contributed by atoms with van der Waals surface area (Å²) < 4.78 is 5.25. The summed E-state index contributed by atoms with van der Waals surface area (Å²) in [5, 5.41) is 7.35. The normalized spacial score (nSPS) is 10.4. The molecule has 8 nitrogen and oxygen atoms in total. The number of aromatic amines is 1. The Kier molecular flexibility index (Phi) is 5.85. The second-order valence-electron chi connectivity index (χ2n) is 5.94. The van der Waals surface area contributed by atoms with E-state index >= 15 is 0 Å². The van der Waals surface area contributed by atoms with Crippen LogP contribution < -0.4 is 20.9 Å². The molecular weight excluding hydrogens is 380 g/mol. The van der Waals surface area contributed by atoms with E-state index in [1.54, 1.807) is 17.5 Å². The standard InChI is InChI=1S/C19H18N4O4S/c1-11-5-6-15(27-2)14(8-11)22-16(24)9-12-10-28-19(21-12)23-18(26)13-4-3-7-20-17(13)25/h3-8,10H,9H2,1-2H3,(H,20,25)(H,22,24)(H,21,23,26). The first-order valence-electron chi connectivity index (χ1n) is 8.34. The molecule has 0 fully saturated rings. The van der Waals surface area contributed by atoms with Crippen LogP contribution in [0.2, 0.25) is 0 Å². The molecule has 0 aliphatic rings. The summed E-state index contributed by atoms with van der Waals surface area (Å²) in [7, 11) is 1.54. The molecule has 9 heteroatoms. The minimum Gasteiger partial charge on any atom is -0.495 e. The number of methoxy groups -OCH3 is 1. The lowest BCUT2D eigenvalue weighted by Gasteiger charge is -2.10. The Labute approximate surface area is 164 Å². The molecule has 0 radical (unpaired) electrons. The zero-order valence-corrected chi connectivity index (χ0v) is 16.1. The van der Waals surface area contributed by atoms with Crippen LogP contribution in [-0.4, -0.2) is 28.9 Å². The lowest BCUT2D eigenvalue weighted by molar-refractivity contribution is -0.115. The van der Waals surface area contributed by atoms with Gasteiger partial charge in [0.2, 0.25) is 5.91 Å². The van der Waals surface area contributed by atoms with Crippen molar-refractivity contribution in [3.05, 3.63) is 69.1 Å². The number of carbonyl (C=O) groups is 2. The van der Waals surface area contributed by atoms with Gasteiger partial charge in [-0.25, -0.2) is 4.98 Å². The SMILES string of the molecule is COc1ccc(C)cc1NC(=O)Cc1csc(NC(=O)c2ccc[nH]c2=O)n1. The zero-order chi connectivity index (χ0) is 20.1. The molecule has 28 heavy (non-hydrogen) atoms. The summed E-state index contributed by atoms with van der Waals surface area (Å²) in [5.41, 5.74) is 1.59. The molecule has 0 atom stereocenters. The Hall–Kier alpha value is -3.46. The number of pyridine rings is 1. The fraction of sp³-hybridized carbons (Fsp3) is 0.158. The molecule has 0 saturated heterocycles. The number of carbonyl (C=O) groups excluding carboxylic acids is 2. The number of thiazole rings is 1. The number of anilines is 2. The molecule has 3 N–H and O–H groups in total. The third-order valence-electron chi connectivity index (χ3n) is 3.81. The fourth-order valence-corrected chi connectivity index (χ4v) is 3.19. The van der Waals surface area contributed by atoms with E-state index in [9.17, 15) is 14.4 Å². The number of rotatable bonds is 6. The zero-order valence-electron chi connectivity index (χ0n) is 15.2. The Morgan fingerprint density at radius 2 is 2.07 bits per heavy atom. The van der Waals surface area contributed by atoms with E-state index in [0.29, 0.717) is 22.3 Å². The van der Waals surface area contributed by atoms with Crippen LogP contribution in [0, 0.1) is 6.92 Å². The maximum Gasteiger partial charge on any atom is 0.263 e. The van der Waals surface area contributed by atoms with Crippen molar-refractivity contribution in [1.82, 2.24) is 9.97 Å². The first-order valence-corrected chi connectivity index (χ1v) is 9.22. The Bertz CT molecular complexity index is 1070. The highest BCUT2D eigenvalue weighted by atomic mass is 32.1. The minimum absolute atomic E-state index is 0.0106. The van der Waals surface area contributed by atoms with Gasteiger partial charge in [0, 0.05) is 11.6 Å². The van der Waals surface area contributed by atoms with Crippen molar-refractivity contribution in [2.45, 2.75) is 13.3 Å². The molecule has 0 unspecified atom stereocenters. The number of H-pyrrole nitrogens is 1. The van der Waals surface area contributed by atoms with E-state index in [4.69, 9.17) is 4.74 Å². The van der Waals surface area contributed by atoms with Gasteiger partial charge in [0.05, 0.1) is 24.9 Å². The fourth-order valence-electron chi connectivity index (χ4n) is 2.49. The highest BCUT2D eigenvalue weighted by Gasteiger charge is 2.14. The number of aryl methyl sites for hydroxylation is 1. The number of hydrogen-bond acceptors (Lipinski definition) is 6. The van der Waals surface area contributed by atoms with E-state index in [-0.39, 0.29) is 17.9 Å². The predicted octanol–water partition coefficient (Wildman–Crippen LogP) is 2.58. The van der Waals surface area contributed by atoms with Crippen LogP contribution in [0.1, 0.15) is 21.6 Å². The second-order valence-corrected chi connectivity index (χ2v) is 6.80. The topological polar surface area (TPSA) is 113 Å². The van der Waals surface area contributed by atoms with Gasteiger partial charge in [-0.05, 0) is 36.8 Å². The quantitative estimate of drug-likeness (QED) is 0.591. The summed E-state index contributed by atoms with van der Waals surface area (Å²) >= 11 is 1.18. The smallest absolute Gasteiger partial charge is 0.263 e. The molecule has 3 rings (SSSR count). The van der Waals surface area contributed by atoms with Gasteiger partial charge in [0.15, 0.2) is 5.13 Å². The summed E-state index contributed by atoms with van der Waals surface area (Å²) in [5.74, 6) is -0.249. The Morgan fingerprint density at radius 3 is 2.82 bits per heavy atom. The number of hydrogen-bond donors (Lipinski definition) is 3.